The smallest absolute Gasteiger partial charge is 0.257 e. The number of anilines is 2. The normalized spacial score (nSPS) is 14.8. The molecule has 3 N–H and O–H groups in total. The van der Waals surface area contributed by atoms with E-state index >= 15 is 0 Å². The number of carbonyl (C=O) groups excluding carboxylic acids is 1. The number of nitrogens with one attached hydrogen (secondary N) is 1. The van der Waals surface area contributed by atoms with Crippen molar-refractivity contribution in [3.05, 3.63) is 48.0 Å². The molecular weight excluding hydrogens is 402 g/mol. The Kier molecular flexibility index (Phi) is 7.29. The second kappa shape index (κ2) is 9.27. The summed E-state index contributed by atoms with van der Waals surface area (Å²) < 4.78 is 32.6. The van der Waals surface area contributed by atoms with Crippen LogP contribution >= 0.6 is 12.4 Å². The standard InChI is InChI=1S/C19H23N3O4S.ClH/c1-26-17-10-9-14(13-16(17)20)21-19(23)15-7-3-4-8-18(15)27(24,25)22-11-5-2-6-12-22;/h3-4,7-10,13H,2,5-6,11-12,20H2,1H3,(H,21,23);1H. The average molecular weight is 426 g/mol. The molecule has 0 atom stereocenters. The second-order valence-corrected chi connectivity index (χ2v) is 8.28. The molecule has 0 aromatic heterocycles. The lowest BCUT2D eigenvalue weighted by Gasteiger charge is -2.26. The van der Waals surface area contributed by atoms with Crippen molar-refractivity contribution in [2.45, 2.75) is 24.2 Å². The summed E-state index contributed by atoms with van der Waals surface area (Å²) in [7, 11) is -2.22. The molecule has 0 unspecified atom stereocenters. The van der Waals surface area contributed by atoms with Gasteiger partial charge in [0, 0.05) is 18.8 Å². The first-order valence-corrected chi connectivity index (χ1v) is 10.2. The number of rotatable bonds is 5. The zero-order chi connectivity index (χ0) is 19.4. The molecule has 152 valence electrons. The quantitative estimate of drug-likeness (QED) is 0.716. The third-order valence-electron chi connectivity index (χ3n) is 4.55. The highest BCUT2D eigenvalue weighted by Crippen LogP contribution is 2.27. The van der Waals surface area contributed by atoms with Crippen LogP contribution in [0.3, 0.4) is 0 Å². The van der Waals surface area contributed by atoms with Gasteiger partial charge in [-0.1, -0.05) is 18.6 Å². The molecule has 1 saturated heterocycles. The van der Waals surface area contributed by atoms with Crippen molar-refractivity contribution >= 4 is 39.7 Å². The van der Waals surface area contributed by atoms with Gasteiger partial charge in [0.25, 0.3) is 5.91 Å². The number of nitrogens with zero attached hydrogens (tertiary/aromatic N) is 1. The zero-order valence-electron chi connectivity index (χ0n) is 15.6. The van der Waals surface area contributed by atoms with E-state index in [9.17, 15) is 13.2 Å². The van der Waals surface area contributed by atoms with Gasteiger partial charge in [-0.25, -0.2) is 8.42 Å². The van der Waals surface area contributed by atoms with E-state index < -0.39 is 15.9 Å². The van der Waals surface area contributed by atoms with Gasteiger partial charge in [0.05, 0.1) is 23.3 Å². The molecule has 1 aliphatic heterocycles. The summed E-state index contributed by atoms with van der Waals surface area (Å²) >= 11 is 0. The van der Waals surface area contributed by atoms with Crippen LogP contribution in [0.1, 0.15) is 29.6 Å². The lowest BCUT2D eigenvalue weighted by molar-refractivity contribution is 0.102. The minimum Gasteiger partial charge on any atom is -0.495 e. The Hall–Kier alpha value is -2.29. The third kappa shape index (κ3) is 4.57. The number of benzene rings is 2. The fourth-order valence-electron chi connectivity index (χ4n) is 3.13. The van der Waals surface area contributed by atoms with Gasteiger partial charge in [-0.3, -0.25) is 4.79 Å². The summed E-state index contributed by atoms with van der Waals surface area (Å²) in [5.41, 5.74) is 6.81. The fraction of sp³-hybridized carbons (Fsp3) is 0.316. The molecular formula is C19H24ClN3O4S. The second-order valence-electron chi connectivity index (χ2n) is 6.37. The van der Waals surface area contributed by atoms with Crippen LogP contribution in [0.15, 0.2) is 47.4 Å². The molecule has 28 heavy (non-hydrogen) atoms. The van der Waals surface area contributed by atoms with E-state index in [1.54, 1.807) is 30.3 Å². The maximum absolute atomic E-state index is 13.0. The summed E-state index contributed by atoms with van der Waals surface area (Å²) in [4.78, 5) is 12.8. The Balaban J connectivity index is 0.00000280. The number of halogens is 1. The van der Waals surface area contributed by atoms with E-state index in [1.165, 1.54) is 23.5 Å². The largest absolute Gasteiger partial charge is 0.495 e. The van der Waals surface area contributed by atoms with Gasteiger partial charge in [-0.2, -0.15) is 4.31 Å². The van der Waals surface area contributed by atoms with Crippen molar-refractivity contribution in [2.24, 2.45) is 0 Å². The lowest BCUT2D eigenvalue weighted by atomic mass is 10.2. The van der Waals surface area contributed by atoms with E-state index in [1.807, 2.05) is 0 Å². The molecule has 0 aliphatic carbocycles. The van der Waals surface area contributed by atoms with Crippen LogP contribution in [0.25, 0.3) is 0 Å². The molecule has 0 bridgehead atoms. The Labute approximate surface area is 171 Å². The number of methoxy groups -OCH3 is 1. The zero-order valence-corrected chi connectivity index (χ0v) is 17.2. The van der Waals surface area contributed by atoms with Crippen molar-refractivity contribution in [2.75, 3.05) is 31.2 Å². The summed E-state index contributed by atoms with van der Waals surface area (Å²) in [5.74, 6) is -0.00294. The minimum absolute atomic E-state index is 0. The Morgan fingerprint density at radius 1 is 1.11 bits per heavy atom. The monoisotopic (exact) mass is 425 g/mol. The number of piperidine rings is 1. The summed E-state index contributed by atoms with van der Waals surface area (Å²) in [5, 5.41) is 2.71. The molecule has 1 fully saturated rings. The molecule has 1 heterocycles. The third-order valence-corrected chi connectivity index (χ3v) is 6.51. The van der Waals surface area contributed by atoms with E-state index in [2.05, 4.69) is 5.32 Å². The maximum atomic E-state index is 13.0. The Morgan fingerprint density at radius 2 is 1.79 bits per heavy atom. The average Bonchev–Trinajstić information content (AvgIpc) is 2.69. The molecule has 7 nitrogen and oxygen atoms in total. The van der Waals surface area contributed by atoms with E-state index in [0.717, 1.165) is 19.3 Å². The molecule has 3 rings (SSSR count). The van der Waals surface area contributed by atoms with Crippen molar-refractivity contribution in [1.82, 2.24) is 4.31 Å². The van der Waals surface area contributed by atoms with Gasteiger partial charge in [0.2, 0.25) is 10.0 Å². The topological polar surface area (TPSA) is 102 Å². The van der Waals surface area contributed by atoms with Crippen LogP contribution in [0.4, 0.5) is 11.4 Å². The number of hydrogen-bond donors (Lipinski definition) is 2. The van der Waals surface area contributed by atoms with Crippen molar-refractivity contribution < 1.29 is 17.9 Å². The fourth-order valence-corrected chi connectivity index (χ4v) is 4.84. The Bertz CT molecular complexity index is 944. The molecule has 0 radical (unpaired) electrons. The number of sulfonamides is 1. The summed E-state index contributed by atoms with van der Waals surface area (Å²) in [6, 6.07) is 11.1. The van der Waals surface area contributed by atoms with Crippen molar-refractivity contribution in [1.29, 1.82) is 0 Å². The number of nitrogens with two attached hydrogens (primary N) is 1. The molecule has 9 heteroatoms. The number of carbonyl (C=O) groups is 1. The molecule has 2 aromatic rings. The summed E-state index contributed by atoms with van der Waals surface area (Å²) in [6.07, 6.45) is 2.69. The number of ether oxygens (including phenoxy) is 1. The maximum Gasteiger partial charge on any atom is 0.257 e. The SMILES string of the molecule is COc1ccc(NC(=O)c2ccccc2S(=O)(=O)N2CCCCC2)cc1N.Cl. The van der Waals surface area contributed by atoms with E-state index in [4.69, 9.17) is 10.5 Å². The van der Waals surface area contributed by atoms with Crippen molar-refractivity contribution in [3.8, 4) is 5.75 Å². The van der Waals surface area contributed by atoms with Crippen molar-refractivity contribution in [3.63, 3.8) is 0 Å². The lowest BCUT2D eigenvalue weighted by Crippen LogP contribution is -2.36. The van der Waals surface area contributed by atoms with E-state index in [-0.39, 0.29) is 22.9 Å². The van der Waals surface area contributed by atoms with E-state index in [0.29, 0.717) is 30.2 Å². The predicted octanol–water partition coefficient (Wildman–Crippen LogP) is 3.13. The first kappa shape index (κ1) is 22.0. The predicted molar refractivity (Wildman–Crippen MR) is 112 cm³/mol. The highest BCUT2D eigenvalue weighted by atomic mass is 35.5. The molecule has 0 saturated carbocycles. The van der Waals surface area contributed by atoms with Crippen LogP contribution < -0.4 is 15.8 Å². The van der Waals surface area contributed by atoms with Gasteiger partial charge in [0.15, 0.2) is 0 Å². The molecule has 0 spiro atoms. The first-order chi connectivity index (χ1) is 12.9. The van der Waals surface area contributed by atoms with Crippen LogP contribution in [0, 0.1) is 0 Å². The van der Waals surface area contributed by atoms with Crippen LogP contribution in [-0.4, -0.2) is 38.8 Å². The van der Waals surface area contributed by atoms with Gasteiger partial charge >= 0.3 is 0 Å². The molecule has 1 amide bonds. The minimum atomic E-state index is -3.72. The number of amides is 1. The van der Waals surface area contributed by atoms with Gasteiger partial charge < -0.3 is 15.8 Å². The van der Waals surface area contributed by atoms with Gasteiger partial charge in [-0.05, 0) is 43.2 Å². The number of nitrogen functional groups attached to an aromatic ring is 1. The van der Waals surface area contributed by atoms with Gasteiger partial charge in [-0.15, -0.1) is 12.4 Å². The van der Waals surface area contributed by atoms with Crippen LogP contribution in [0.5, 0.6) is 5.75 Å². The molecule has 2 aromatic carbocycles. The summed E-state index contributed by atoms with van der Waals surface area (Å²) in [6.45, 7) is 0.959. The highest BCUT2D eigenvalue weighted by molar-refractivity contribution is 7.89. The number of hydrogen-bond acceptors (Lipinski definition) is 5. The highest BCUT2D eigenvalue weighted by Gasteiger charge is 2.29. The van der Waals surface area contributed by atoms with Gasteiger partial charge in [0.1, 0.15) is 5.75 Å². The molecule has 1 aliphatic rings. The van der Waals surface area contributed by atoms with Crippen LogP contribution in [0.2, 0.25) is 0 Å². The first-order valence-electron chi connectivity index (χ1n) is 8.77. The Morgan fingerprint density at radius 3 is 2.43 bits per heavy atom. The van der Waals surface area contributed by atoms with Crippen LogP contribution in [-0.2, 0) is 10.0 Å².